The zero-order valence-electron chi connectivity index (χ0n) is 12.2. The standard InChI is InChI=1S/C14H26O6/c1-17-13(18-2)14-19-10(8-15)12(20-14)11(16)9-6-4-3-5-7-9/h9-16H,3-8H2,1-2H3/t10-,11-,12-,14?/m0/s1. The summed E-state index contributed by atoms with van der Waals surface area (Å²) in [5.41, 5.74) is 0. The van der Waals surface area contributed by atoms with Gasteiger partial charge in [0.15, 0.2) is 0 Å². The summed E-state index contributed by atoms with van der Waals surface area (Å²) in [6.07, 6.45) is 2.45. The third-order valence-corrected chi connectivity index (χ3v) is 4.30. The number of aliphatic hydroxyl groups is 2. The lowest BCUT2D eigenvalue weighted by atomic mass is 9.82. The van der Waals surface area contributed by atoms with Crippen LogP contribution in [-0.4, -0.2) is 61.9 Å². The van der Waals surface area contributed by atoms with Crippen molar-refractivity contribution in [1.29, 1.82) is 0 Å². The fourth-order valence-electron chi connectivity index (χ4n) is 3.16. The van der Waals surface area contributed by atoms with Crippen molar-refractivity contribution in [2.75, 3.05) is 20.8 Å². The van der Waals surface area contributed by atoms with E-state index in [2.05, 4.69) is 0 Å². The highest BCUT2D eigenvalue weighted by Gasteiger charge is 2.45. The average Bonchev–Trinajstić information content (AvgIpc) is 2.93. The van der Waals surface area contributed by atoms with Gasteiger partial charge in [-0.1, -0.05) is 19.3 Å². The Hall–Kier alpha value is -0.240. The molecule has 2 rings (SSSR count). The highest BCUT2D eigenvalue weighted by atomic mass is 16.8. The van der Waals surface area contributed by atoms with Crippen molar-refractivity contribution in [3.05, 3.63) is 0 Å². The monoisotopic (exact) mass is 290 g/mol. The van der Waals surface area contributed by atoms with E-state index >= 15 is 0 Å². The lowest BCUT2D eigenvalue weighted by Gasteiger charge is -2.31. The van der Waals surface area contributed by atoms with Gasteiger partial charge in [-0.25, -0.2) is 0 Å². The van der Waals surface area contributed by atoms with Crippen molar-refractivity contribution in [3.63, 3.8) is 0 Å². The first kappa shape index (κ1) is 16.1. The normalized spacial score (nSPS) is 33.8. The molecule has 1 aliphatic heterocycles. The quantitative estimate of drug-likeness (QED) is 0.699. The van der Waals surface area contributed by atoms with Gasteiger partial charge in [-0.3, -0.25) is 0 Å². The van der Waals surface area contributed by atoms with Crippen LogP contribution in [0.5, 0.6) is 0 Å². The summed E-state index contributed by atoms with van der Waals surface area (Å²) in [7, 11) is 3.00. The van der Waals surface area contributed by atoms with Crippen molar-refractivity contribution in [2.45, 2.75) is 63.0 Å². The maximum Gasteiger partial charge on any atom is 0.210 e. The van der Waals surface area contributed by atoms with Gasteiger partial charge in [0.05, 0.1) is 12.7 Å². The summed E-state index contributed by atoms with van der Waals surface area (Å²) in [5, 5.41) is 20.0. The van der Waals surface area contributed by atoms with Crippen LogP contribution in [0, 0.1) is 5.92 Å². The largest absolute Gasteiger partial charge is 0.394 e. The van der Waals surface area contributed by atoms with Gasteiger partial charge in [-0.15, -0.1) is 0 Å². The predicted octanol–water partition coefficient (Wildman–Crippen LogP) is 0.649. The lowest BCUT2D eigenvalue weighted by Crippen LogP contribution is -2.42. The van der Waals surface area contributed by atoms with Crippen LogP contribution in [-0.2, 0) is 18.9 Å². The van der Waals surface area contributed by atoms with Crippen molar-refractivity contribution in [1.82, 2.24) is 0 Å². The number of aliphatic hydroxyl groups excluding tert-OH is 2. The molecule has 6 nitrogen and oxygen atoms in total. The van der Waals surface area contributed by atoms with Crippen LogP contribution in [0.25, 0.3) is 0 Å². The molecule has 1 saturated heterocycles. The van der Waals surface area contributed by atoms with Crippen molar-refractivity contribution in [3.8, 4) is 0 Å². The molecule has 0 aromatic carbocycles. The van der Waals surface area contributed by atoms with Gasteiger partial charge < -0.3 is 29.2 Å². The van der Waals surface area contributed by atoms with Crippen molar-refractivity contribution < 1.29 is 29.2 Å². The molecule has 4 atom stereocenters. The first-order chi connectivity index (χ1) is 9.71. The Labute approximate surface area is 120 Å². The van der Waals surface area contributed by atoms with E-state index in [1.165, 1.54) is 20.6 Å². The Balaban J connectivity index is 1.98. The molecule has 0 radical (unpaired) electrons. The highest BCUT2D eigenvalue weighted by Crippen LogP contribution is 2.33. The average molecular weight is 290 g/mol. The SMILES string of the molecule is COC(OC)C1O[C@H]([C@@H](O)C2CCCCC2)[C@H](CO)O1. The van der Waals surface area contributed by atoms with Crippen LogP contribution in [0.2, 0.25) is 0 Å². The third-order valence-electron chi connectivity index (χ3n) is 4.30. The Kier molecular flexibility index (Phi) is 6.20. The molecule has 1 aliphatic carbocycles. The second-order valence-electron chi connectivity index (χ2n) is 5.55. The van der Waals surface area contributed by atoms with Gasteiger partial charge in [-0.2, -0.15) is 0 Å². The molecule has 6 heteroatoms. The number of rotatable bonds is 6. The van der Waals surface area contributed by atoms with Crippen LogP contribution < -0.4 is 0 Å². The Morgan fingerprint density at radius 1 is 1.10 bits per heavy atom. The van der Waals surface area contributed by atoms with Crippen LogP contribution in [0.15, 0.2) is 0 Å². The molecule has 1 unspecified atom stereocenters. The maximum atomic E-state index is 10.5. The van der Waals surface area contributed by atoms with Gasteiger partial charge in [-0.05, 0) is 18.8 Å². The molecule has 2 fully saturated rings. The van der Waals surface area contributed by atoms with Crippen molar-refractivity contribution >= 4 is 0 Å². The van der Waals surface area contributed by atoms with Gasteiger partial charge in [0, 0.05) is 14.2 Å². The fraction of sp³-hybridized carbons (Fsp3) is 1.00. The van der Waals surface area contributed by atoms with E-state index in [0.29, 0.717) is 0 Å². The summed E-state index contributed by atoms with van der Waals surface area (Å²) >= 11 is 0. The number of ether oxygens (including phenoxy) is 4. The molecule has 1 saturated carbocycles. The molecule has 2 aliphatic rings. The van der Waals surface area contributed by atoms with E-state index in [-0.39, 0.29) is 12.5 Å². The molecule has 2 N–H and O–H groups in total. The summed E-state index contributed by atoms with van der Waals surface area (Å²) < 4.78 is 21.6. The molecule has 0 aromatic heterocycles. The summed E-state index contributed by atoms with van der Waals surface area (Å²) in [6.45, 7) is -0.189. The number of hydrogen-bond donors (Lipinski definition) is 2. The Morgan fingerprint density at radius 3 is 2.30 bits per heavy atom. The summed E-state index contributed by atoms with van der Waals surface area (Å²) in [5.74, 6) is 0.216. The van der Waals surface area contributed by atoms with Gasteiger partial charge in [0.2, 0.25) is 12.6 Å². The fourth-order valence-corrected chi connectivity index (χ4v) is 3.16. The third kappa shape index (κ3) is 3.50. The minimum absolute atomic E-state index is 0.189. The van der Waals surface area contributed by atoms with Gasteiger partial charge >= 0.3 is 0 Å². The first-order valence-corrected chi connectivity index (χ1v) is 7.36. The van der Waals surface area contributed by atoms with E-state index in [9.17, 15) is 10.2 Å². The van der Waals surface area contributed by atoms with E-state index in [0.717, 1.165) is 25.7 Å². The van der Waals surface area contributed by atoms with E-state index < -0.39 is 30.9 Å². The second-order valence-corrected chi connectivity index (χ2v) is 5.55. The molecule has 0 bridgehead atoms. The molecule has 0 spiro atoms. The summed E-state index contributed by atoms with van der Waals surface area (Å²) in [6, 6.07) is 0. The molecule has 0 aromatic rings. The Morgan fingerprint density at radius 2 is 1.75 bits per heavy atom. The van der Waals surface area contributed by atoms with E-state index in [4.69, 9.17) is 18.9 Å². The first-order valence-electron chi connectivity index (χ1n) is 7.36. The van der Waals surface area contributed by atoms with Crippen LogP contribution >= 0.6 is 0 Å². The van der Waals surface area contributed by atoms with Crippen LogP contribution in [0.1, 0.15) is 32.1 Å². The van der Waals surface area contributed by atoms with E-state index in [1.54, 1.807) is 0 Å². The molecule has 1 heterocycles. The van der Waals surface area contributed by atoms with Gasteiger partial charge in [0.25, 0.3) is 0 Å². The Bertz CT molecular complexity index is 277. The molecular formula is C14H26O6. The van der Waals surface area contributed by atoms with E-state index in [1.807, 2.05) is 0 Å². The topological polar surface area (TPSA) is 77.4 Å². The molecular weight excluding hydrogens is 264 g/mol. The van der Waals surface area contributed by atoms with Gasteiger partial charge in [0.1, 0.15) is 12.2 Å². The van der Waals surface area contributed by atoms with Crippen LogP contribution in [0.4, 0.5) is 0 Å². The zero-order chi connectivity index (χ0) is 14.5. The predicted molar refractivity (Wildman–Crippen MR) is 71.0 cm³/mol. The molecule has 0 amide bonds. The lowest BCUT2D eigenvalue weighted by molar-refractivity contribution is -0.243. The minimum atomic E-state index is -0.717. The zero-order valence-corrected chi connectivity index (χ0v) is 12.2. The maximum absolute atomic E-state index is 10.5. The smallest absolute Gasteiger partial charge is 0.210 e. The number of hydrogen-bond acceptors (Lipinski definition) is 6. The van der Waals surface area contributed by atoms with Crippen LogP contribution in [0.3, 0.4) is 0 Å². The second kappa shape index (κ2) is 7.68. The number of methoxy groups -OCH3 is 2. The minimum Gasteiger partial charge on any atom is -0.394 e. The summed E-state index contributed by atoms with van der Waals surface area (Å²) in [4.78, 5) is 0. The highest BCUT2D eigenvalue weighted by molar-refractivity contribution is 4.88. The molecule has 118 valence electrons. The van der Waals surface area contributed by atoms with Crippen molar-refractivity contribution in [2.24, 2.45) is 5.92 Å². The molecule has 20 heavy (non-hydrogen) atoms.